The molecule has 0 unspecified atom stereocenters. The van der Waals surface area contributed by atoms with Crippen LogP contribution in [0, 0.1) is 0 Å². The van der Waals surface area contributed by atoms with Crippen LogP contribution in [-0.4, -0.2) is 27.4 Å². The van der Waals surface area contributed by atoms with E-state index in [2.05, 4.69) is 25.2 Å². The first kappa shape index (κ1) is 18.9. The molecule has 0 saturated carbocycles. The fourth-order valence-electron chi connectivity index (χ4n) is 3.19. The summed E-state index contributed by atoms with van der Waals surface area (Å²) in [6.45, 7) is 1.31. The maximum Gasteiger partial charge on any atom is 0.416 e. The zero-order valence-electron chi connectivity index (χ0n) is 15.1. The van der Waals surface area contributed by atoms with Crippen LogP contribution in [0.25, 0.3) is 0 Å². The van der Waals surface area contributed by atoms with E-state index in [9.17, 15) is 18.0 Å². The SMILES string of the molecule is O=C(Nc1cccc(C(F)(F)F)c1)c1cncc(N2CCc3ncncc3C2)c1. The lowest BCUT2D eigenvalue weighted by Gasteiger charge is -2.29. The molecule has 0 fully saturated rings. The summed E-state index contributed by atoms with van der Waals surface area (Å²) in [6, 6.07) is 6.18. The zero-order valence-corrected chi connectivity index (χ0v) is 15.1. The number of aromatic nitrogens is 3. The predicted octanol–water partition coefficient (Wildman–Crippen LogP) is 3.71. The third kappa shape index (κ3) is 4.18. The number of nitrogens with one attached hydrogen (secondary N) is 1. The Morgan fingerprint density at radius 3 is 2.79 bits per heavy atom. The highest BCUT2D eigenvalue weighted by atomic mass is 19.4. The van der Waals surface area contributed by atoms with E-state index in [1.54, 1.807) is 18.5 Å². The van der Waals surface area contributed by atoms with E-state index in [0.29, 0.717) is 13.1 Å². The van der Waals surface area contributed by atoms with Gasteiger partial charge < -0.3 is 10.2 Å². The second-order valence-electron chi connectivity index (χ2n) is 6.63. The van der Waals surface area contributed by atoms with Crippen LogP contribution in [0.1, 0.15) is 27.2 Å². The molecule has 3 heterocycles. The first-order chi connectivity index (χ1) is 13.9. The molecule has 0 radical (unpaired) electrons. The summed E-state index contributed by atoms with van der Waals surface area (Å²) in [5, 5.41) is 2.50. The minimum Gasteiger partial charge on any atom is -0.365 e. The zero-order chi connectivity index (χ0) is 20.4. The van der Waals surface area contributed by atoms with E-state index in [1.807, 2.05) is 0 Å². The van der Waals surface area contributed by atoms with Crippen LogP contribution >= 0.6 is 0 Å². The number of rotatable bonds is 3. The second-order valence-corrected chi connectivity index (χ2v) is 6.63. The molecular formula is C20H16F3N5O. The van der Waals surface area contributed by atoms with Crippen molar-refractivity contribution in [3.05, 3.63) is 77.6 Å². The van der Waals surface area contributed by atoms with E-state index in [0.717, 1.165) is 35.5 Å². The summed E-state index contributed by atoms with van der Waals surface area (Å²) in [5.41, 5.74) is 2.27. The van der Waals surface area contributed by atoms with Crippen molar-refractivity contribution in [3.8, 4) is 0 Å². The molecule has 1 N–H and O–H groups in total. The molecule has 1 aliphatic rings. The molecule has 9 heteroatoms. The van der Waals surface area contributed by atoms with Crippen LogP contribution in [0.4, 0.5) is 24.5 Å². The lowest BCUT2D eigenvalue weighted by Crippen LogP contribution is -2.31. The van der Waals surface area contributed by atoms with Gasteiger partial charge in [-0.25, -0.2) is 9.97 Å². The van der Waals surface area contributed by atoms with Crippen LogP contribution in [0.2, 0.25) is 0 Å². The van der Waals surface area contributed by atoms with Crippen LogP contribution in [0.5, 0.6) is 0 Å². The smallest absolute Gasteiger partial charge is 0.365 e. The summed E-state index contributed by atoms with van der Waals surface area (Å²) < 4.78 is 38.6. The maximum atomic E-state index is 12.9. The summed E-state index contributed by atoms with van der Waals surface area (Å²) in [5.74, 6) is -0.528. The molecule has 6 nitrogen and oxygen atoms in total. The molecular weight excluding hydrogens is 383 g/mol. The van der Waals surface area contributed by atoms with Gasteiger partial charge in [0.15, 0.2) is 0 Å². The van der Waals surface area contributed by atoms with Crippen LogP contribution in [0.15, 0.2) is 55.2 Å². The van der Waals surface area contributed by atoms with Gasteiger partial charge in [0.1, 0.15) is 6.33 Å². The number of pyridine rings is 1. The number of nitrogens with zero attached hydrogens (tertiary/aromatic N) is 4. The fourth-order valence-corrected chi connectivity index (χ4v) is 3.19. The molecule has 1 aromatic carbocycles. The molecule has 1 amide bonds. The third-order valence-electron chi connectivity index (χ3n) is 4.66. The average Bonchev–Trinajstić information content (AvgIpc) is 2.73. The molecule has 0 aliphatic carbocycles. The lowest BCUT2D eigenvalue weighted by molar-refractivity contribution is -0.137. The van der Waals surface area contributed by atoms with Gasteiger partial charge in [0.25, 0.3) is 5.91 Å². The van der Waals surface area contributed by atoms with E-state index in [-0.39, 0.29) is 11.3 Å². The van der Waals surface area contributed by atoms with Gasteiger partial charge in [-0.3, -0.25) is 9.78 Å². The summed E-state index contributed by atoms with van der Waals surface area (Å²) in [7, 11) is 0. The number of alkyl halides is 3. The van der Waals surface area contributed by atoms with Crippen LogP contribution in [0.3, 0.4) is 0 Å². The van der Waals surface area contributed by atoms with E-state index in [1.165, 1.54) is 24.7 Å². The predicted molar refractivity (Wildman–Crippen MR) is 100 cm³/mol. The van der Waals surface area contributed by atoms with E-state index < -0.39 is 17.6 Å². The highest BCUT2D eigenvalue weighted by Gasteiger charge is 2.30. The van der Waals surface area contributed by atoms with Gasteiger partial charge in [-0.05, 0) is 24.3 Å². The van der Waals surface area contributed by atoms with Crippen molar-refractivity contribution >= 4 is 17.3 Å². The normalized spacial score (nSPS) is 13.7. The first-order valence-corrected chi connectivity index (χ1v) is 8.86. The molecule has 3 aromatic rings. The van der Waals surface area contributed by atoms with Gasteiger partial charge >= 0.3 is 6.18 Å². The molecule has 1 aliphatic heterocycles. The quantitative estimate of drug-likeness (QED) is 0.727. The summed E-state index contributed by atoms with van der Waals surface area (Å²) in [4.78, 5) is 27.0. The summed E-state index contributed by atoms with van der Waals surface area (Å²) in [6.07, 6.45) is 2.60. The fraction of sp³-hybridized carbons (Fsp3) is 0.200. The standard InChI is InChI=1S/C20H16F3N5O/c21-20(22,23)15-2-1-3-16(7-15)27-19(29)13-6-17(10-24-8-13)28-5-4-18-14(11-28)9-25-12-26-18/h1-3,6-10,12H,4-5,11H2,(H,27,29). The molecule has 0 saturated heterocycles. The van der Waals surface area contributed by atoms with Crippen molar-refractivity contribution in [2.75, 3.05) is 16.8 Å². The van der Waals surface area contributed by atoms with Gasteiger partial charge in [-0.1, -0.05) is 6.07 Å². The van der Waals surface area contributed by atoms with Crippen molar-refractivity contribution < 1.29 is 18.0 Å². The topological polar surface area (TPSA) is 71.0 Å². The Kier molecular flexibility index (Phi) is 4.87. The minimum atomic E-state index is -4.48. The average molecular weight is 399 g/mol. The van der Waals surface area contributed by atoms with Crippen molar-refractivity contribution in [2.45, 2.75) is 19.1 Å². The Morgan fingerprint density at radius 2 is 1.97 bits per heavy atom. The molecule has 29 heavy (non-hydrogen) atoms. The van der Waals surface area contributed by atoms with Crippen LogP contribution in [-0.2, 0) is 19.1 Å². The Bertz CT molecular complexity index is 1050. The van der Waals surface area contributed by atoms with Gasteiger partial charge in [-0.2, -0.15) is 13.2 Å². The lowest BCUT2D eigenvalue weighted by atomic mass is 10.1. The Hall–Kier alpha value is -3.49. The second kappa shape index (κ2) is 7.50. The first-order valence-electron chi connectivity index (χ1n) is 8.86. The maximum absolute atomic E-state index is 12.9. The van der Waals surface area contributed by atoms with E-state index >= 15 is 0 Å². The van der Waals surface area contributed by atoms with Gasteiger partial charge in [-0.15, -0.1) is 0 Å². The molecule has 0 atom stereocenters. The number of carbonyl (C=O) groups excluding carboxylic acids is 1. The summed E-state index contributed by atoms with van der Waals surface area (Å²) >= 11 is 0. The number of carbonyl (C=O) groups is 1. The van der Waals surface area contributed by atoms with Gasteiger partial charge in [0.05, 0.1) is 28.7 Å². The highest BCUT2D eigenvalue weighted by molar-refractivity contribution is 6.04. The van der Waals surface area contributed by atoms with Crippen molar-refractivity contribution in [2.24, 2.45) is 0 Å². The van der Waals surface area contributed by atoms with Gasteiger partial charge in [0, 0.05) is 43.2 Å². The van der Waals surface area contributed by atoms with Crippen molar-refractivity contribution in [1.82, 2.24) is 15.0 Å². The largest absolute Gasteiger partial charge is 0.416 e. The number of benzene rings is 1. The van der Waals surface area contributed by atoms with Crippen LogP contribution < -0.4 is 10.2 Å². The van der Waals surface area contributed by atoms with Crippen molar-refractivity contribution in [3.63, 3.8) is 0 Å². The Morgan fingerprint density at radius 1 is 1.10 bits per heavy atom. The Balaban J connectivity index is 1.51. The van der Waals surface area contributed by atoms with E-state index in [4.69, 9.17) is 0 Å². The number of hydrogen-bond donors (Lipinski definition) is 1. The number of hydrogen-bond acceptors (Lipinski definition) is 5. The van der Waals surface area contributed by atoms with Crippen molar-refractivity contribution in [1.29, 1.82) is 0 Å². The monoisotopic (exact) mass is 399 g/mol. The molecule has 4 rings (SSSR count). The molecule has 2 aromatic heterocycles. The number of amides is 1. The number of fused-ring (bicyclic) bond motifs is 1. The minimum absolute atomic E-state index is 0.0688. The number of halogens is 3. The third-order valence-corrected chi connectivity index (χ3v) is 4.66. The Labute approximate surface area is 164 Å². The van der Waals surface area contributed by atoms with Gasteiger partial charge in [0.2, 0.25) is 0 Å². The molecule has 148 valence electrons. The molecule has 0 spiro atoms. The molecule has 0 bridgehead atoms. The highest BCUT2D eigenvalue weighted by Crippen LogP contribution is 2.31. The number of anilines is 2.